The van der Waals surface area contributed by atoms with Gasteiger partial charge in [0.05, 0.1) is 12.3 Å². The van der Waals surface area contributed by atoms with Crippen LogP contribution in [0.2, 0.25) is 0 Å². The van der Waals surface area contributed by atoms with Crippen LogP contribution in [0.3, 0.4) is 0 Å². The van der Waals surface area contributed by atoms with E-state index in [1.807, 2.05) is 43.3 Å². The lowest BCUT2D eigenvalue weighted by atomic mass is 10.0. The standard InChI is InChI=1S/C20H18N2O2/c1-14(17-10-9-16-6-2-3-7-18(16)12-17)21-22-20(24)19-8-4-5-15(11-19)13-23/h2-12,23H,13H2,1H3,(H,22,24)/b21-14+. The zero-order valence-corrected chi connectivity index (χ0v) is 13.4. The summed E-state index contributed by atoms with van der Waals surface area (Å²) in [6.45, 7) is 1.76. The molecule has 0 radical (unpaired) electrons. The number of carbonyl (C=O) groups is 1. The number of nitrogens with zero attached hydrogens (tertiary/aromatic N) is 1. The molecular formula is C20H18N2O2. The van der Waals surface area contributed by atoms with Gasteiger partial charge in [-0.1, -0.05) is 48.5 Å². The van der Waals surface area contributed by atoms with Crippen LogP contribution < -0.4 is 5.43 Å². The molecule has 0 aliphatic heterocycles. The van der Waals surface area contributed by atoms with Gasteiger partial charge >= 0.3 is 0 Å². The Hall–Kier alpha value is -2.98. The number of aliphatic hydroxyl groups excluding tert-OH is 1. The number of benzene rings is 3. The molecule has 0 saturated heterocycles. The summed E-state index contributed by atoms with van der Waals surface area (Å²) < 4.78 is 0. The molecule has 0 spiro atoms. The van der Waals surface area contributed by atoms with Crippen molar-refractivity contribution < 1.29 is 9.90 Å². The topological polar surface area (TPSA) is 61.7 Å². The summed E-state index contributed by atoms with van der Waals surface area (Å²) in [7, 11) is 0. The number of rotatable bonds is 4. The highest BCUT2D eigenvalue weighted by molar-refractivity contribution is 6.03. The molecule has 0 unspecified atom stereocenters. The average molecular weight is 318 g/mol. The largest absolute Gasteiger partial charge is 0.392 e. The number of hydrogen-bond donors (Lipinski definition) is 2. The van der Waals surface area contributed by atoms with Crippen LogP contribution in [-0.2, 0) is 6.61 Å². The van der Waals surface area contributed by atoms with E-state index >= 15 is 0 Å². The maximum Gasteiger partial charge on any atom is 0.271 e. The first-order valence-electron chi connectivity index (χ1n) is 7.71. The molecule has 24 heavy (non-hydrogen) atoms. The molecule has 0 aromatic heterocycles. The van der Waals surface area contributed by atoms with E-state index in [0.29, 0.717) is 11.1 Å². The third kappa shape index (κ3) is 3.50. The SMILES string of the molecule is C/C(=N\NC(=O)c1cccc(CO)c1)c1ccc2ccccc2c1. The Morgan fingerprint density at radius 1 is 0.958 bits per heavy atom. The number of aliphatic hydroxyl groups is 1. The summed E-state index contributed by atoms with van der Waals surface area (Å²) in [5.74, 6) is -0.301. The van der Waals surface area contributed by atoms with Crippen molar-refractivity contribution >= 4 is 22.4 Å². The Labute approximate surface area is 140 Å². The minimum atomic E-state index is -0.301. The molecule has 0 atom stereocenters. The molecular weight excluding hydrogens is 300 g/mol. The molecule has 4 nitrogen and oxygen atoms in total. The summed E-state index contributed by atoms with van der Waals surface area (Å²) in [6.07, 6.45) is 0. The van der Waals surface area contributed by atoms with Gasteiger partial charge in [-0.25, -0.2) is 5.43 Å². The van der Waals surface area contributed by atoms with Crippen molar-refractivity contribution in [2.24, 2.45) is 5.10 Å². The van der Waals surface area contributed by atoms with E-state index in [1.54, 1.807) is 24.3 Å². The lowest BCUT2D eigenvalue weighted by molar-refractivity contribution is 0.0954. The zero-order chi connectivity index (χ0) is 16.9. The van der Waals surface area contributed by atoms with E-state index in [2.05, 4.69) is 16.6 Å². The maximum absolute atomic E-state index is 12.2. The second-order valence-corrected chi connectivity index (χ2v) is 5.56. The van der Waals surface area contributed by atoms with E-state index in [0.717, 1.165) is 16.7 Å². The smallest absolute Gasteiger partial charge is 0.271 e. The Morgan fingerprint density at radius 2 is 1.75 bits per heavy atom. The monoisotopic (exact) mass is 318 g/mol. The minimum absolute atomic E-state index is 0.0967. The summed E-state index contributed by atoms with van der Waals surface area (Å²) in [6, 6.07) is 21.0. The first-order chi connectivity index (χ1) is 11.7. The molecule has 0 aliphatic rings. The van der Waals surface area contributed by atoms with E-state index < -0.39 is 0 Å². The van der Waals surface area contributed by atoms with Crippen molar-refractivity contribution in [2.45, 2.75) is 13.5 Å². The number of carbonyl (C=O) groups excluding carboxylic acids is 1. The van der Waals surface area contributed by atoms with Crippen molar-refractivity contribution in [1.29, 1.82) is 0 Å². The highest BCUT2D eigenvalue weighted by Crippen LogP contribution is 2.16. The fourth-order valence-electron chi connectivity index (χ4n) is 2.49. The number of fused-ring (bicyclic) bond motifs is 1. The first-order valence-corrected chi connectivity index (χ1v) is 7.71. The normalized spacial score (nSPS) is 11.5. The van der Waals surface area contributed by atoms with Crippen LogP contribution >= 0.6 is 0 Å². The van der Waals surface area contributed by atoms with Crippen LogP contribution in [0, 0.1) is 0 Å². The Balaban J connectivity index is 1.78. The molecule has 0 fully saturated rings. The fourth-order valence-corrected chi connectivity index (χ4v) is 2.49. The van der Waals surface area contributed by atoms with Gasteiger partial charge in [0.1, 0.15) is 0 Å². The summed E-state index contributed by atoms with van der Waals surface area (Å²) in [4.78, 5) is 12.2. The van der Waals surface area contributed by atoms with Crippen LogP contribution in [0.25, 0.3) is 10.8 Å². The minimum Gasteiger partial charge on any atom is -0.392 e. The lowest BCUT2D eigenvalue weighted by Gasteiger charge is -2.05. The van der Waals surface area contributed by atoms with E-state index in [9.17, 15) is 4.79 Å². The lowest BCUT2D eigenvalue weighted by Crippen LogP contribution is -2.19. The summed E-state index contributed by atoms with van der Waals surface area (Å²) in [5.41, 5.74) is 5.41. The molecule has 3 aromatic carbocycles. The molecule has 0 heterocycles. The van der Waals surface area contributed by atoms with E-state index in [1.165, 1.54) is 5.39 Å². The van der Waals surface area contributed by atoms with Crippen molar-refractivity contribution in [3.63, 3.8) is 0 Å². The molecule has 3 aromatic rings. The van der Waals surface area contributed by atoms with Crippen LogP contribution in [0.4, 0.5) is 0 Å². The Kier molecular flexibility index (Phi) is 4.68. The van der Waals surface area contributed by atoms with Crippen LogP contribution in [0.5, 0.6) is 0 Å². The van der Waals surface area contributed by atoms with Gasteiger partial charge in [0, 0.05) is 5.56 Å². The Morgan fingerprint density at radius 3 is 2.54 bits per heavy atom. The number of hydrazone groups is 1. The summed E-state index contributed by atoms with van der Waals surface area (Å²) in [5, 5.41) is 15.6. The zero-order valence-electron chi connectivity index (χ0n) is 13.4. The van der Waals surface area contributed by atoms with Gasteiger partial charge in [0.25, 0.3) is 5.91 Å². The molecule has 2 N–H and O–H groups in total. The van der Waals surface area contributed by atoms with Crippen LogP contribution in [-0.4, -0.2) is 16.7 Å². The van der Waals surface area contributed by atoms with Crippen molar-refractivity contribution in [3.05, 3.63) is 83.4 Å². The molecule has 0 aliphatic carbocycles. The third-order valence-electron chi connectivity index (χ3n) is 3.86. The quantitative estimate of drug-likeness (QED) is 0.571. The molecule has 120 valence electrons. The van der Waals surface area contributed by atoms with Crippen LogP contribution in [0.15, 0.2) is 71.8 Å². The molecule has 4 heteroatoms. The molecule has 3 rings (SSSR count). The molecule has 0 saturated carbocycles. The fraction of sp³-hybridized carbons (Fsp3) is 0.100. The second kappa shape index (κ2) is 7.06. The molecule has 0 bridgehead atoms. The van der Waals surface area contributed by atoms with Crippen molar-refractivity contribution in [3.8, 4) is 0 Å². The van der Waals surface area contributed by atoms with Gasteiger partial charge in [-0.05, 0) is 47.0 Å². The van der Waals surface area contributed by atoms with Gasteiger partial charge in [-0.15, -0.1) is 0 Å². The van der Waals surface area contributed by atoms with Gasteiger partial charge in [-0.3, -0.25) is 4.79 Å². The van der Waals surface area contributed by atoms with Gasteiger partial charge in [0.2, 0.25) is 0 Å². The van der Waals surface area contributed by atoms with E-state index in [-0.39, 0.29) is 12.5 Å². The number of amides is 1. The van der Waals surface area contributed by atoms with E-state index in [4.69, 9.17) is 5.11 Å². The van der Waals surface area contributed by atoms with Gasteiger partial charge in [0.15, 0.2) is 0 Å². The number of hydrogen-bond acceptors (Lipinski definition) is 3. The highest BCUT2D eigenvalue weighted by atomic mass is 16.3. The summed E-state index contributed by atoms with van der Waals surface area (Å²) >= 11 is 0. The first kappa shape index (κ1) is 15.9. The average Bonchev–Trinajstić information content (AvgIpc) is 2.65. The Bertz CT molecular complexity index is 916. The van der Waals surface area contributed by atoms with Gasteiger partial charge in [-0.2, -0.15) is 5.10 Å². The number of nitrogens with one attached hydrogen (secondary N) is 1. The van der Waals surface area contributed by atoms with Crippen LogP contribution in [0.1, 0.15) is 28.4 Å². The van der Waals surface area contributed by atoms with Gasteiger partial charge < -0.3 is 5.11 Å². The third-order valence-corrected chi connectivity index (χ3v) is 3.86. The predicted octanol–water partition coefficient (Wildman–Crippen LogP) is 3.49. The predicted molar refractivity (Wildman–Crippen MR) is 96.0 cm³/mol. The second-order valence-electron chi connectivity index (χ2n) is 5.56. The molecule has 1 amide bonds. The van der Waals surface area contributed by atoms with Crippen molar-refractivity contribution in [2.75, 3.05) is 0 Å². The van der Waals surface area contributed by atoms with Crippen molar-refractivity contribution in [1.82, 2.24) is 5.43 Å². The highest BCUT2D eigenvalue weighted by Gasteiger charge is 2.06. The maximum atomic E-state index is 12.2.